The summed E-state index contributed by atoms with van der Waals surface area (Å²) >= 11 is 0. The molecular weight excluding hydrogens is 148 g/mol. The Morgan fingerprint density at radius 2 is 2.45 bits per heavy atom. The lowest BCUT2D eigenvalue weighted by Crippen LogP contribution is -2.21. The smallest absolute Gasteiger partial charge is 0.329 e. The Labute approximate surface area is 62.9 Å². The summed E-state index contributed by atoms with van der Waals surface area (Å²) in [6.45, 7) is -0.425. The second-order valence-corrected chi connectivity index (χ2v) is 2.05. The predicted octanol–water partition coefficient (Wildman–Crippen LogP) is -0.499. The zero-order chi connectivity index (χ0) is 8.27. The molecule has 1 aromatic heterocycles. The Morgan fingerprint density at radius 1 is 1.73 bits per heavy atom. The number of hydrogen-bond donors (Lipinski definition) is 2. The number of imidazole rings is 1. The van der Waals surface area contributed by atoms with Gasteiger partial charge in [-0.05, 0) is 0 Å². The maximum Gasteiger partial charge on any atom is 0.329 e. The lowest BCUT2D eigenvalue weighted by molar-refractivity contribution is -0.142. The highest BCUT2D eigenvalue weighted by atomic mass is 16.4. The zero-order valence-corrected chi connectivity index (χ0v) is 5.71. The van der Waals surface area contributed by atoms with Crippen molar-refractivity contribution in [3.63, 3.8) is 0 Å². The molecule has 0 fully saturated rings. The fraction of sp³-hybridized carbons (Fsp3) is 0.333. The summed E-state index contributed by atoms with van der Waals surface area (Å²) < 4.78 is 1.34. The van der Waals surface area contributed by atoms with E-state index < -0.39 is 18.6 Å². The molecule has 0 amide bonds. The van der Waals surface area contributed by atoms with Gasteiger partial charge >= 0.3 is 5.97 Å². The summed E-state index contributed by atoms with van der Waals surface area (Å²) in [5.74, 6) is -1.06. The monoisotopic (exact) mass is 156 g/mol. The molecule has 11 heavy (non-hydrogen) atoms. The number of carbonyl (C=O) groups is 1. The summed E-state index contributed by atoms with van der Waals surface area (Å²) in [6, 6.07) is -0.919. The van der Waals surface area contributed by atoms with Crippen LogP contribution in [0.1, 0.15) is 6.04 Å². The highest BCUT2D eigenvalue weighted by molar-refractivity contribution is 5.71. The third kappa shape index (κ3) is 1.56. The van der Waals surface area contributed by atoms with Crippen LogP contribution in [-0.2, 0) is 4.79 Å². The zero-order valence-electron chi connectivity index (χ0n) is 5.71. The van der Waals surface area contributed by atoms with E-state index in [1.165, 1.54) is 23.3 Å². The van der Waals surface area contributed by atoms with Crippen LogP contribution >= 0.6 is 0 Å². The molecule has 0 unspecified atom stereocenters. The summed E-state index contributed by atoms with van der Waals surface area (Å²) in [7, 11) is 0. The lowest BCUT2D eigenvalue weighted by Gasteiger charge is -2.08. The van der Waals surface area contributed by atoms with Gasteiger partial charge in [-0.25, -0.2) is 9.78 Å². The number of carboxylic acids is 1. The molecule has 1 rings (SSSR count). The fourth-order valence-corrected chi connectivity index (χ4v) is 0.754. The number of carboxylic acid groups (broad SMARTS) is 1. The summed E-state index contributed by atoms with van der Waals surface area (Å²) in [4.78, 5) is 14.1. The fourth-order valence-electron chi connectivity index (χ4n) is 0.754. The molecule has 0 aromatic carbocycles. The van der Waals surface area contributed by atoms with Crippen molar-refractivity contribution >= 4 is 5.97 Å². The molecule has 60 valence electrons. The molecule has 5 nitrogen and oxygen atoms in total. The largest absolute Gasteiger partial charge is 0.480 e. The van der Waals surface area contributed by atoms with E-state index in [9.17, 15) is 4.79 Å². The van der Waals surface area contributed by atoms with Crippen LogP contribution in [-0.4, -0.2) is 32.3 Å². The van der Waals surface area contributed by atoms with E-state index in [1.807, 2.05) is 0 Å². The maximum absolute atomic E-state index is 10.4. The second-order valence-electron chi connectivity index (χ2n) is 2.05. The van der Waals surface area contributed by atoms with Crippen molar-refractivity contribution in [1.29, 1.82) is 0 Å². The summed E-state index contributed by atoms with van der Waals surface area (Å²) in [5.41, 5.74) is 0. The average Bonchev–Trinajstić information content (AvgIpc) is 2.40. The van der Waals surface area contributed by atoms with Gasteiger partial charge in [0, 0.05) is 12.4 Å². The van der Waals surface area contributed by atoms with Crippen LogP contribution in [0.2, 0.25) is 0 Å². The van der Waals surface area contributed by atoms with Crippen LogP contribution in [0.25, 0.3) is 0 Å². The minimum atomic E-state index is -1.06. The van der Waals surface area contributed by atoms with Crippen molar-refractivity contribution in [2.45, 2.75) is 6.04 Å². The molecule has 0 saturated heterocycles. The molecule has 0 radical (unpaired) electrons. The van der Waals surface area contributed by atoms with Crippen molar-refractivity contribution < 1.29 is 15.0 Å². The van der Waals surface area contributed by atoms with Crippen molar-refractivity contribution in [2.24, 2.45) is 0 Å². The van der Waals surface area contributed by atoms with Crippen molar-refractivity contribution in [2.75, 3.05) is 6.61 Å². The number of hydrogen-bond acceptors (Lipinski definition) is 3. The third-order valence-corrected chi connectivity index (χ3v) is 1.34. The van der Waals surface area contributed by atoms with Crippen LogP contribution in [0.15, 0.2) is 18.7 Å². The SMILES string of the molecule is O=C(O)[C@H](CO)n1ccnc1. The molecule has 0 aliphatic heterocycles. The summed E-state index contributed by atoms with van der Waals surface area (Å²) in [6.07, 6.45) is 4.32. The van der Waals surface area contributed by atoms with Crippen LogP contribution < -0.4 is 0 Å². The molecule has 1 heterocycles. The third-order valence-electron chi connectivity index (χ3n) is 1.34. The Balaban J connectivity index is 2.79. The van der Waals surface area contributed by atoms with Crippen molar-refractivity contribution in [3.8, 4) is 0 Å². The average molecular weight is 156 g/mol. The topological polar surface area (TPSA) is 75.3 Å². The standard InChI is InChI=1S/C6H8N2O3/c9-3-5(6(10)11)8-2-1-7-4-8/h1-2,4-5,9H,3H2,(H,10,11)/t5-/m0/s1. The van der Waals surface area contributed by atoms with E-state index in [-0.39, 0.29) is 0 Å². The van der Waals surface area contributed by atoms with E-state index in [2.05, 4.69) is 4.98 Å². The Hall–Kier alpha value is -1.36. The molecule has 2 N–H and O–H groups in total. The van der Waals surface area contributed by atoms with Crippen molar-refractivity contribution in [3.05, 3.63) is 18.7 Å². The van der Waals surface area contributed by atoms with E-state index in [0.29, 0.717) is 0 Å². The highest BCUT2D eigenvalue weighted by Crippen LogP contribution is 2.03. The quantitative estimate of drug-likeness (QED) is 0.618. The first-order valence-corrected chi connectivity index (χ1v) is 3.07. The van der Waals surface area contributed by atoms with Gasteiger partial charge in [-0.15, -0.1) is 0 Å². The molecule has 0 bridgehead atoms. The molecular formula is C6H8N2O3. The second kappa shape index (κ2) is 3.16. The van der Waals surface area contributed by atoms with Crippen molar-refractivity contribution in [1.82, 2.24) is 9.55 Å². The van der Waals surface area contributed by atoms with Crippen LogP contribution in [0.4, 0.5) is 0 Å². The number of nitrogens with zero attached hydrogens (tertiary/aromatic N) is 2. The van der Waals surface area contributed by atoms with Crippen LogP contribution in [0.5, 0.6) is 0 Å². The van der Waals surface area contributed by atoms with Gasteiger partial charge in [-0.1, -0.05) is 0 Å². The Bertz CT molecular complexity index is 232. The van der Waals surface area contributed by atoms with Gasteiger partial charge in [0.05, 0.1) is 12.9 Å². The molecule has 0 saturated carbocycles. The molecule has 0 spiro atoms. The molecule has 0 aliphatic carbocycles. The minimum Gasteiger partial charge on any atom is -0.480 e. The molecule has 1 atom stereocenters. The number of rotatable bonds is 3. The molecule has 1 aromatic rings. The van der Waals surface area contributed by atoms with Gasteiger partial charge in [0.25, 0.3) is 0 Å². The van der Waals surface area contributed by atoms with Crippen LogP contribution in [0, 0.1) is 0 Å². The van der Waals surface area contributed by atoms with Gasteiger partial charge in [-0.2, -0.15) is 0 Å². The van der Waals surface area contributed by atoms with E-state index in [0.717, 1.165) is 0 Å². The summed E-state index contributed by atoms with van der Waals surface area (Å²) in [5, 5.41) is 17.2. The van der Waals surface area contributed by atoms with E-state index in [4.69, 9.17) is 10.2 Å². The van der Waals surface area contributed by atoms with Crippen LogP contribution in [0.3, 0.4) is 0 Å². The normalized spacial score (nSPS) is 12.8. The lowest BCUT2D eigenvalue weighted by atomic mass is 10.3. The number of aliphatic hydroxyl groups excluding tert-OH is 1. The van der Waals surface area contributed by atoms with Gasteiger partial charge in [0.1, 0.15) is 0 Å². The Kier molecular flexibility index (Phi) is 2.22. The molecule has 5 heteroatoms. The highest BCUT2D eigenvalue weighted by Gasteiger charge is 2.16. The van der Waals surface area contributed by atoms with E-state index >= 15 is 0 Å². The maximum atomic E-state index is 10.4. The van der Waals surface area contributed by atoms with Gasteiger partial charge in [-0.3, -0.25) is 0 Å². The first kappa shape index (κ1) is 7.74. The van der Waals surface area contributed by atoms with Gasteiger partial charge < -0.3 is 14.8 Å². The minimum absolute atomic E-state index is 0.425. The predicted molar refractivity (Wildman–Crippen MR) is 36.0 cm³/mol. The van der Waals surface area contributed by atoms with Gasteiger partial charge in [0.15, 0.2) is 6.04 Å². The first-order valence-electron chi connectivity index (χ1n) is 3.07. The molecule has 0 aliphatic rings. The number of aromatic nitrogens is 2. The Morgan fingerprint density at radius 3 is 2.82 bits per heavy atom. The number of aliphatic carboxylic acids is 1. The van der Waals surface area contributed by atoms with Gasteiger partial charge in [0.2, 0.25) is 0 Å². The van der Waals surface area contributed by atoms with E-state index in [1.54, 1.807) is 0 Å². The first-order chi connectivity index (χ1) is 5.25. The number of aliphatic hydroxyl groups is 1.